The summed E-state index contributed by atoms with van der Waals surface area (Å²) in [6.07, 6.45) is 4.77. The number of ether oxygens (including phenoxy) is 1. The lowest BCUT2D eigenvalue weighted by Crippen LogP contribution is -2.43. The molecule has 0 saturated carbocycles. The molecule has 1 fully saturated rings. The van der Waals surface area contributed by atoms with Gasteiger partial charge >= 0.3 is 0 Å². The molecule has 0 bridgehead atoms. The van der Waals surface area contributed by atoms with E-state index in [0.29, 0.717) is 44.1 Å². The minimum atomic E-state index is -0.0623. The monoisotopic (exact) mass is 412 g/mol. The van der Waals surface area contributed by atoms with E-state index in [9.17, 15) is 9.59 Å². The highest BCUT2D eigenvalue weighted by molar-refractivity contribution is 6.30. The molecular weight excluding hydrogens is 388 g/mol. The predicted molar refractivity (Wildman–Crippen MR) is 115 cm³/mol. The summed E-state index contributed by atoms with van der Waals surface area (Å²) in [5.74, 6) is 0.674. The minimum absolute atomic E-state index is 0.0101. The minimum Gasteiger partial charge on any atom is -0.492 e. The van der Waals surface area contributed by atoms with Gasteiger partial charge in [-0.05, 0) is 48.7 Å². The standard InChI is InChI=1S/C23H25ClN2O3/c24-20-7-9-21(10-8-20)29-17-14-25-23(28)19-12-15-26(16-13-19)22(27)11-6-18-4-2-1-3-5-18/h1-11,19H,12-17H2,(H,25,28)/b11-6+. The van der Waals surface area contributed by atoms with Crippen LogP contribution in [0.3, 0.4) is 0 Å². The first-order valence-electron chi connectivity index (χ1n) is 9.80. The van der Waals surface area contributed by atoms with Crippen LogP contribution < -0.4 is 10.1 Å². The number of hydrogen-bond acceptors (Lipinski definition) is 3. The zero-order valence-corrected chi connectivity index (χ0v) is 17.0. The second kappa shape index (κ2) is 10.7. The van der Waals surface area contributed by atoms with Gasteiger partial charge in [-0.1, -0.05) is 41.9 Å². The number of hydrogen-bond donors (Lipinski definition) is 1. The van der Waals surface area contributed by atoms with E-state index in [1.807, 2.05) is 36.4 Å². The predicted octanol–water partition coefficient (Wildman–Crippen LogP) is 3.79. The van der Waals surface area contributed by atoms with Gasteiger partial charge in [0.1, 0.15) is 12.4 Å². The second-order valence-electron chi connectivity index (χ2n) is 6.94. The number of amides is 2. The molecule has 29 heavy (non-hydrogen) atoms. The number of nitrogens with one attached hydrogen (secondary N) is 1. The SMILES string of the molecule is O=C(NCCOc1ccc(Cl)cc1)C1CCN(C(=O)/C=C/c2ccccc2)CC1. The molecule has 1 heterocycles. The van der Waals surface area contributed by atoms with Gasteiger partial charge in [0.25, 0.3) is 0 Å². The van der Waals surface area contributed by atoms with Crippen LogP contribution in [-0.2, 0) is 9.59 Å². The average molecular weight is 413 g/mol. The first kappa shape index (κ1) is 20.9. The normalized spacial score (nSPS) is 14.7. The number of benzene rings is 2. The third-order valence-electron chi connectivity index (χ3n) is 4.88. The van der Waals surface area contributed by atoms with E-state index in [4.69, 9.17) is 16.3 Å². The van der Waals surface area contributed by atoms with Crippen molar-refractivity contribution in [3.63, 3.8) is 0 Å². The number of piperidine rings is 1. The van der Waals surface area contributed by atoms with E-state index in [1.165, 1.54) is 0 Å². The summed E-state index contributed by atoms with van der Waals surface area (Å²) < 4.78 is 5.58. The topological polar surface area (TPSA) is 58.6 Å². The van der Waals surface area contributed by atoms with Crippen LogP contribution in [0.5, 0.6) is 5.75 Å². The highest BCUT2D eigenvalue weighted by atomic mass is 35.5. The van der Waals surface area contributed by atoms with Crippen molar-refractivity contribution in [3.05, 3.63) is 71.3 Å². The fourth-order valence-corrected chi connectivity index (χ4v) is 3.34. The molecular formula is C23H25ClN2O3. The van der Waals surface area contributed by atoms with Crippen molar-refractivity contribution in [1.82, 2.24) is 10.2 Å². The molecule has 0 unspecified atom stereocenters. The molecule has 6 heteroatoms. The number of carbonyl (C=O) groups excluding carboxylic acids is 2. The number of nitrogens with zero attached hydrogens (tertiary/aromatic N) is 1. The maximum atomic E-state index is 12.3. The number of carbonyl (C=O) groups is 2. The van der Waals surface area contributed by atoms with Crippen molar-refractivity contribution in [3.8, 4) is 5.75 Å². The summed E-state index contributed by atoms with van der Waals surface area (Å²) in [7, 11) is 0. The molecule has 1 saturated heterocycles. The molecule has 3 rings (SSSR count). The number of likely N-dealkylation sites (tertiary alicyclic amines) is 1. The molecule has 2 amide bonds. The molecule has 1 N–H and O–H groups in total. The molecule has 0 radical (unpaired) electrons. The fourth-order valence-electron chi connectivity index (χ4n) is 3.22. The Balaban J connectivity index is 1.35. The van der Waals surface area contributed by atoms with Crippen molar-refractivity contribution >= 4 is 29.5 Å². The summed E-state index contributed by atoms with van der Waals surface area (Å²) >= 11 is 5.84. The van der Waals surface area contributed by atoms with E-state index >= 15 is 0 Å². The van der Waals surface area contributed by atoms with Gasteiger partial charge in [0.15, 0.2) is 0 Å². The Kier molecular flexibility index (Phi) is 7.70. The molecule has 2 aromatic rings. The summed E-state index contributed by atoms with van der Waals surface area (Å²) in [4.78, 5) is 26.5. The molecule has 1 aliphatic rings. The summed E-state index contributed by atoms with van der Waals surface area (Å²) in [5.41, 5.74) is 0.996. The van der Waals surface area contributed by atoms with Crippen molar-refractivity contribution in [2.24, 2.45) is 5.92 Å². The lowest BCUT2D eigenvalue weighted by molar-refractivity contribution is -0.132. The maximum Gasteiger partial charge on any atom is 0.246 e. The zero-order chi connectivity index (χ0) is 20.5. The van der Waals surface area contributed by atoms with Gasteiger partial charge in [0.2, 0.25) is 11.8 Å². The Hall–Kier alpha value is -2.79. The average Bonchev–Trinajstić information content (AvgIpc) is 2.77. The molecule has 5 nitrogen and oxygen atoms in total. The largest absolute Gasteiger partial charge is 0.492 e. The summed E-state index contributed by atoms with van der Waals surface area (Å²) in [5, 5.41) is 3.58. The molecule has 152 valence electrons. The smallest absolute Gasteiger partial charge is 0.246 e. The third-order valence-corrected chi connectivity index (χ3v) is 5.13. The zero-order valence-electron chi connectivity index (χ0n) is 16.2. The van der Waals surface area contributed by atoms with Crippen LogP contribution in [-0.4, -0.2) is 43.0 Å². The van der Waals surface area contributed by atoms with E-state index < -0.39 is 0 Å². The van der Waals surface area contributed by atoms with E-state index in [0.717, 1.165) is 11.3 Å². The van der Waals surface area contributed by atoms with Crippen LogP contribution in [0, 0.1) is 5.92 Å². The lowest BCUT2D eigenvalue weighted by atomic mass is 9.96. The molecule has 2 aromatic carbocycles. The van der Waals surface area contributed by atoms with Crippen molar-refractivity contribution in [1.29, 1.82) is 0 Å². The number of halogens is 1. The maximum absolute atomic E-state index is 12.3. The summed E-state index contributed by atoms with van der Waals surface area (Å²) in [6.45, 7) is 2.03. The molecule has 0 spiro atoms. The van der Waals surface area contributed by atoms with Crippen LogP contribution in [0.4, 0.5) is 0 Å². The van der Waals surface area contributed by atoms with Crippen LogP contribution in [0.1, 0.15) is 18.4 Å². The highest BCUT2D eigenvalue weighted by Crippen LogP contribution is 2.18. The Bertz CT molecular complexity index is 829. The van der Waals surface area contributed by atoms with Crippen molar-refractivity contribution < 1.29 is 14.3 Å². The quantitative estimate of drug-likeness (QED) is 0.556. The fraction of sp³-hybridized carbons (Fsp3) is 0.304. The van der Waals surface area contributed by atoms with Crippen LogP contribution in [0.2, 0.25) is 5.02 Å². The van der Waals surface area contributed by atoms with E-state index in [1.54, 1.807) is 35.2 Å². The van der Waals surface area contributed by atoms with Gasteiger partial charge < -0.3 is 15.0 Å². The first-order chi connectivity index (χ1) is 14.1. The van der Waals surface area contributed by atoms with Gasteiger partial charge in [-0.15, -0.1) is 0 Å². The van der Waals surface area contributed by atoms with Gasteiger partial charge in [0.05, 0.1) is 6.54 Å². The number of rotatable bonds is 7. The lowest BCUT2D eigenvalue weighted by Gasteiger charge is -2.30. The molecule has 0 aliphatic carbocycles. The Labute approximate surface area is 176 Å². The van der Waals surface area contributed by atoms with E-state index in [2.05, 4.69) is 5.32 Å². The van der Waals surface area contributed by atoms with Crippen molar-refractivity contribution in [2.75, 3.05) is 26.2 Å². The molecule has 1 aliphatic heterocycles. The second-order valence-corrected chi connectivity index (χ2v) is 7.37. The van der Waals surface area contributed by atoms with Crippen LogP contribution >= 0.6 is 11.6 Å². The Morgan fingerprint density at radius 3 is 2.45 bits per heavy atom. The highest BCUT2D eigenvalue weighted by Gasteiger charge is 2.26. The first-order valence-corrected chi connectivity index (χ1v) is 10.2. The Morgan fingerprint density at radius 2 is 1.76 bits per heavy atom. The van der Waals surface area contributed by atoms with Crippen molar-refractivity contribution in [2.45, 2.75) is 12.8 Å². The molecule has 0 atom stereocenters. The van der Waals surface area contributed by atoms with Crippen LogP contribution in [0.15, 0.2) is 60.7 Å². The summed E-state index contributed by atoms with van der Waals surface area (Å²) in [6, 6.07) is 16.8. The van der Waals surface area contributed by atoms with Gasteiger partial charge in [-0.2, -0.15) is 0 Å². The van der Waals surface area contributed by atoms with Gasteiger partial charge in [-0.25, -0.2) is 0 Å². The third kappa shape index (κ3) is 6.64. The van der Waals surface area contributed by atoms with Gasteiger partial charge in [-0.3, -0.25) is 9.59 Å². The molecule has 0 aromatic heterocycles. The van der Waals surface area contributed by atoms with Gasteiger partial charge in [0, 0.05) is 30.1 Å². The van der Waals surface area contributed by atoms with Crippen LogP contribution in [0.25, 0.3) is 6.08 Å². The Morgan fingerprint density at radius 1 is 1.07 bits per heavy atom. The van der Waals surface area contributed by atoms with E-state index in [-0.39, 0.29) is 17.7 Å².